The summed E-state index contributed by atoms with van der Waals surface area (Å²) in [7, 11) is 2.33. The van der Waals surface area contributed by atoms with Gasteiger partial charge >= 0.3 is 23.9 Å². The Morgan fingerprint density at radius 2 is 1.15 bits per heavy atom. The van der Waals surface area contributed by atoms with E-state index in [2.05, 4.69) is 5.32 Å². The highest BCUT2D eigenvalue weighted by Gasteiger charge is 2.58. The molecule has 1 N–H and O–H groups in total. The van der Waals surface area contributed by atoms with Crippen LogP contribution < -0.4 is 5.32 Å². The van der Waals surface area contributed by atoms with Crippen LogP contribution in [0.15, 0.2) is 121 Å². The molecule has 0 spiro atoms. The maximum atomic E-state index is 14.1. The van der Waals surface area contributed by atoms with Gasteiger partial charge in [0, 0.05) is 7.11 Å². The number of ether oxygens (including phenoxy) is 10. The summed E-state index contributed by atoms with van der Waals surface area (Å²) in [5.41, 5.74) is 1.64. The highest BCUT2D eigenvalue weighted by atomic mass is 35.6. The SMILES string of the molecule is COC(=O)[C@H]1O[C@@H](O[C@@H]2[C@@H](NC(=O)C(Cl)(Cl)Cl)[C@H](OC)O[C@H](COC(=O)c3ccccc3)[C@@H]2OCc2ccccc2)[C@H](OC(=O)c2ccccc2)[C@@H](OCc2ccccc2)[C@@H]1OC(=O)CCl. The topological polar surface area (TPSA) is 190 Å². The number of nitrogens with one attached hydrogen (secondary N) is 1. The van der Waals surface area contributed by atoms with Gasteiger partial charge in [-0.3, -0.25) is 9.59 Å². The summed E-state index contributed by atoms with van der Waals surface area (Å²) in [5.74, 6) is -5.44. The monoisotopic (exact) mass is 991 g/mol. The van der Waals surface area contributed by atoms with Crippen LogP contribution in [0.25, 0.3) is 0 Å². The fourth-order valence-corrected chi connectivity index (χ4v) is 7.34. The second-order valence-electron chi connectivity index (χ2n) is 14.6. The van der Waals surface area contributed by atoms with Crippen molar-refractivity contribution in [3.05, 3.63) is 144 Å². The molecule has 0 unspecified atom stereocenters. The third-order valence-electron chi connectivity index (χ3n) is 10.2. The van der Waals surface area contributed by atoms with E-state index in [4.69, 9.17) is 93.8 Å². The number of alkyl halides is 4. The molecular weight excluding hydrogens is 948 g/mol. The van der Waals surface area contributed by atoms with Gasteiger partial charge in [0.15, 0.2) is 30.9 Å². The molecule has 2 fully saturated rings. The maximum Gasteiger partial charge on any atom is 0.339 e. The largest absolute Gasteiger partial charge is 0.467 e. The zero-order chi connectivity index (χ0) is 47.2. The van der Waals surface area contributed by atoms with Crippen molar-refractivity contribution in [2.24, 2.45) is 0 Å². The quantitative estimate of drug-likeness (QED) is 0.0704. The molecule has 0 radical (unpaired) electrons. The zero-order valence-corrected chi connectivity index (χ0v) is 38.3. The van der Waals surface area contributed by atoms with Gasteiger partial charge in [-0.1, -0.05) is 132 Å². The Bertz CT molecular complexity index is 2210. The van der Waals surface area contributed by atoms with Gasteiger partial charge in [-0.2, -0.15) is 0 Å². The van der Waals surface area contributed by atoms with Crippen LogP contribution in [0.3, 0.4) is 0 Å². The molecule has 2 heterocycles. The second kappa shape index (κ2) is 24.3. The molecule has 66 heavy (non-hydrogen) atoms. The van der Waals surface area contributed by atoms with Crippen LogP contribution in [-0.4, -0.2) is 122 Å². The summed E-state index contributed by atoms with van der Waals surface area (Å²) in [4.78, 5) is 67.6. The van der Waals surface area contributed by atoms with E-state index in [1.165, 1.54) is 19.2 Å². The second-order valence-corrected chi connectivity index (χ2v) is 17.2. The summed E-state index contributed by atoms with van der Waals surface area (Å²) in [6, 6.07) is 32.3. The number of carbonyl (C=O) groups excluding carboxylic acids is 5. The lowest BCUT2D eigenvalue weighted by atomic mass is 9.94. The molecule has 0 bridgehead atoms. The van der Waals surface area contributed by atoms with Gasteiger partial charge in [0.25, 0.3) is 9.70 Å². The molecule has 20 heteroatoms. The summed E-state index contributed by atoms with van der Waals surface area (Å²) in [6.07, 6.45) is -14.3. The van der Waals surface area contributed by atoms with Crippen LogP contribution in [0.1, 0.15) is 31.8 Å². The minimum absolute atomic E-state index is 0.0881. The number of benzene rings is 4. The van der Waals surface area contributed by atoms with Crippen molar-refractivity contribution in [3.8, 4) is 0 Å². The lowest BCUT2D eigenvalue weighted by molar-refractivity contribution is -0.345. The Hall–Kier alpha value is -4.85. The molecule has 10 atom stereocenters. The molecule has 0 aliphatic carbocycles. The Kier molecular flexibility index (Phi) is 18.6. The average Bonchev–Trinajstić information content (AvgIpc) is 3.34. The molecule has 2 aliphatic rings. The lowest BCUT2D eigenvalue weighted by Crippen LogP contribution is -2.70. The van der Waals surface area contributed by atoms with E-state index in [-0.39, 0.29) is 24.3 Å². The predicted molar refractivity (Wildman–Crippen MR) is 236 cm³/mol. The zero-order valence-electron chi connectivity index (χ0n) is 35.3. The third kappa shape index (κ3) is 13.4. The van der Waals surface area contributed by atoms with E-state index in [1.54, 1.807) is 109 Å². The van der Waals surface area contributed by atoms with Crippen molar-refractivity contribution in [2.75, 3.05) is 26.7 Å². The molecule has 0 saturated carbocycles. The van der Waals surface area contributed by atoms with Crippen LogP contribution in [0.4, 0.5) is 0 Å². The van der Waals surface area contributed by atoms with Crippen LogP contribution in [-0.2, 0) is 75.0 Å². The molecule has 6 rings (SSSR count). The minimum atomic E-state index is -2.54. The highest BCUT2D eigenvalue weighted by molar-refractivity contribution is 6.76. The standard InChI is InChI=1S/C46H45Cl4NO15/c1-57-42(55)38-37(63-32(52)23-47)36(60-25-28-17-9-4-10-18-28)39(64-41(54)30-21-13-6-14-22-30)44(66-38)65-35-33(51-45(56)46(48,49)50)43(58-2)62-31(26-61-40(53)29-19-11-5-12-20-29)34(35)59-24-27-15-7-3-8-16-27/h3-22,31,33-39,43-44H,23-26H2,1-2H3,(H,51,56)/t31-,33-,34+,35-,36+,37+,38+,39-,43-,44-/m1/s1. The van der Waals surface area contributed by atoms with Gasteiger partial charge in [-0.15, -0.1) is 11.6 Å². The first kappa shape index (κ1) is 50.6. The van der Waals surface area contributed by atoms with Crippen LogP contribution in [0, 0.1) is 0 Å². The van der Waals surface area contributed by atoms with Crippen molar-refractivity contribution in [1.82, 2.24) is 5.32 Å². The minimum Gasteiger partial charge on any atom is -0.467 e. The lowest BCUT2D eigenvalue weighted by Gasteiger charge is -2.49. The average molecular weight is 994 g/mol. The molecule has 1 amide bonds. The molecule has 4 aromatic carbocycles. The summed E-state index contributed by atoms with van der Waals surface area (Å²) in [5, 5.41) is 2.60. The summed E-state index contributed by atoms with van der Waals surface area (Å²) >= 11 is 24.1. The number of hydrogen-bond acceptors (Lipinski definition) is 15. The Morgan fingerprint density at radius 3 is 1.67 bits per heavy atom. The number of esters is 4. The van der Waals surface area contributed by atoms with Gasteiger partial charge in [-0.05, 0) is 35.4 Å². The molecule has 2 aliphatic heterocycles. The first-order valence-electron chi connectivity index (χ1n) is 20.3. The highest BCUT2D eigenvalue weighted by Crippen LogP contribution is 2.37. The van der Waals surface area contributed by atoms with Crippen molar-refractivity contribution in [2.45, 2.75) is 78.4 Å². The number of rotatable bonds is 18. The van der Waals surface area contributed by atoms with Gasteiger partial charge in [0.1, 0.15) is 42.9 Å². The molecule has 16 nitrogen and oxygen atoms in total. The van der Waals surface area contributed by atoms with E-state index in [0.29, 0.717) is 11.1 Å². The Labute approximate surface area is 399 Å². The number of amides is 1. The van der Waals surface area contributed by atoms with Gasteiger partial charge in [0.2, 0.25) is 0 Å². The Balaban J connectivity index is 1.48. The summed E-state index contributed by atoms with van der Waals surface area (Å²) in [6.45, 7) is -0.758. The van der Waals surface area contributed by atoms with Crippen molar-refractivity contribution >= 4 is 76.2 Å². The molecule has 0 aromatic heterocycles. The van der Waals surface area contributed by atoms with E-state index in [1.807, 2.05) is 0 Å². The van der Waals surface area contributed by atoms with Crippen molar-refractivity contribution < 1.29 is 71.3 Å². The maximum absolute atomic E-state index is 14.1. The van der Waals surface area contributed by atoms with Gasteiger partial charge in [0.05, 0.1) is 31.5 Å². The van der Waals surface area contributed by atoms with E-state index in [0.717, 1.165) is 7.11 Å². The number of carbonyl (C=O) groups is 5. The van der Waals surface area contributed by atoms with Crippen LogP contribution >= 0.6 is 46.4 Å². The van der Waals surface area contributed by atoms with E-state index >= 15 is 0 Å². The molecule has 2 saturated heterocycles. The summed E-state index contributed by atoms with van der Waals surface area (Å²) < 4.78 is 58.4. The van der Waals surface area contributed by atoms with Crippen LogP contribution in [0.2, 0.25) is 0 Å². The molecule has 352 valence electrons. The van der Waals surface area contributed by atoms with Crippen molar-refractivity contribution in [1.29, 1.82) is 0 Å². The van der Waals surface area contributed by atoms with E-state index in [9.17, 15) is 24.0 Å². The number of methoxy groups -OCH3 is 2. The van der Waals surface area contributed by atoms with Gasteiger partial charge < -0.3 is 52.7 Å². The predicted octanol–water partition coefficient (Wildman–Crippen LogP) is 5.90. The molecule has 4 aromatic rings. The first-order valence-corrected chi connectivity index (χ1v) is 22.0. The van der Waals surface area contributed by atoms with Gasteiger partial charge in [-0.25, -0.2) is 14.4 Å². The fraction of sp³-hybridized carbons (Fsp3) is 0.370. The fourth-order valence-electron chi connectivity index (χ4n) is 7.11. The van der Waals surface area contributed by atoms with Crippen molar-refractivity contribution in [3.63, 3.8) is 0 Å². The Morgan fingerprint density at radius 1 is 0.621 bits per heavy atom. The third-order valence-corrected chi connectivity index (χ3v) is 11.0. The first-order chi connectivity index (χ1) is 31.8. The van der Waals surface area contributed by atoms with Crippen LogP contribution in [0.5, 0.6) is 0 Å². The molecular formula is C46H45Cl4NO15. The smallest absolute Gasteiger partial charge is 0.339 e. The number of hydrogen-bond donors (Lipinski definition) is 1. The van der Waals surface area contributed by atoms with E-state index < -0.39 is 107 Å². The number of halogens is 4. The normalized spacial score (nSPS) is 25.2.